The zero-order chi connectivity index (χ0) is 11.2. The van der Waals surface area contributed by atoms with Crippen molar-refractivity contribution in [2.45, 2.75) is 25.1 Å². The first-order valence-electron chi connectivity index (χ1n) is 4.24. The summed E-state index contributed by atoms with van der Waals surface area (Å²) in [7, 11) is 0. The van der Waals surface area contributed by atoms with Gasteiger partial charge in [0, 0.05) is 19.0 Å². The molecule has 5 heteroatoms. The minimum Gasteiger partial charge on any atom is -0.327 e. The lowest BCUT2D eigenvalue weighted by molar-refractivity contribution is -0.135. The van der Waals surface area contributed by atoms with Crippen LogP contribution in [-0.4, -0.2) is 18.8 Å². The fourth-order valence-electron chi connectivity index (χ4n) is 0.999. The predicted octanol–water partition coefficient (Wildman–Crippen LogP) is 1.73. The highest BCUT2D eigenvalue weighted by molar-refractivity contribution is 5.17. The first kappa shape index (κ1) is 13.2. The first-order chi connectivity index (χ1) is 6.40. The van der Waals surface area contributed by atoms with Gasteiger partial charge in [-0.05, 0) is 12.0 Å². The van der Waals surface area contributed by atoms with E-state index in [0.29, 0.717) is 5.57 Å². The molecule has 0 spiro atoms. The minimum absolute atomic E-state index is 0.139. The highest BCUT2D eigenvalue weighted by atomic mass is 19.4. The van der Waals surface area contributed by atoms with Gasteiger partial charge in [0.05, 0.1) is 0 Å². The number of halogens is 3. The molecule has 0 aliphatic carbocycles. The van der Waals surface area contributed by atoms with Crippen LogP contribution >= 0.6 is 0 Å². The van der Waals surface area contributed by atoms with Crippen molar-refractivity contribution in [3.8, 4) is 0 Å². The Kier molecular flexibility index (Phi) is 5.49. The average molecular weight is 208 g/mol. The van der Waals surface area contributed by atoms with E-state index in [9.17, 15) is 13.2 Å². The van der Waals surface area contributed by atoms with Crippen molar-refractivity contribution in [2.75, 3.05) is 6.54 Å². The van der Waals surface area contributed by atoms with Gasteiger partial charge in [-0.3, -0.25) is 0 Å². The van der Waals surface area contributed by atoms with Crippen molar-refractivity contribution in [3.63, 3.8) is 0 Å². The molecule has 0 aromatic rings. The number of alkyl halides is 3. The molecule has 1 atom stereocenters. The Morgan fingerprint density at radius 3 is 2.36 bits per heavy atom. The van der Waals surface area contributed by atoms with Gasteiger partial charge >= 0.3 is 6.18 Å². The second kappa shape index (κ2) is 5.82. The normalized spacial score (nSPS) is 15.4. The predicted molar refractivity (Wildman–Crippen MR) is 50.6 cm³/mol. The molecule has 0 radical (unpaired) electrons. The summed E-state index contributed by atoms with van der Waals surface area (Å²) < 4.78 is 35.5. The second-order valence-electron chi connectivity index (χ2n) is 2.94. The van der Waals surface area contributed by atoms with Crippen molar-refractivity contribution in [3.05, 3.63) is 24.3 Å². The highest BCUT2D eigenvalue weighted by Gasteiger charge is 2.27. The van der Waals surface area contributed by atoms with Gasteiger partial charge in [0.2, 0.25) is 0 Å². The molecule has 1 unspecified atom stereocenters. The van der Waals surface area contributed by atoms with E-state index in [1.54, 1.807) is 6.08 Å². The van der Waals surface area contributed by atoms with Crippen LogP contribution in [0.3, 0.4) is 0 Å². The van der Waals surface area contributed by atoms with Gasteiger partial charge < -0.3 is 11.5 Å². The van der Waals surface area contributed by atoms with E-state index in [0.717, 1.165) is 0 Å². The van der Waals surface area contributed by atoms with Gasteiger partial charge in [0.1, 0.15) is 0 Å². The Bertz CT molecular complexity index is 209. The molecule has 14 heavy (non-hydrogen) atoms. The molecule has 0 aliphatic rings. The first-order valence-corrected chi connectivity index (χ1v) is 4.24. The van der Waals surface area contributed by atoms with E-state index in [1.807, 2.05) is 0 Å². The maximum Gasteiger partial charge on any atom is 0.389 e. The molecule has 0 fully saturated rings. The third kappa shape index (κ3) is 5.77. The quantitative estimate of drug-likeness (QED) is 0.676. The van der Waals surface area contributed by atoms with Crippen LogP contribution in [0, 0.1) is 0 Å². The van der Waals surface area contributed by atoms with Crippen molar-refractivity contribution >= 4 is 0 Å². The molecule has 0 amide bonds. The maximum atomic E-state index is 11.8. The molecule has 0 aromatic carbocycles. The zero-order valence-electron chi connectivity index (χ0n) is 7.85. The molecule has 0 heterocycles. The molecular weight excluding hydrogens is 193 g/mol. The van der Waals surface area contributed by atoms with E-state index >= 15 is 0 Å². The van der Waals surface area contributed by atoms with Gasteiger partial charge in [-0.1, -0.05) is 18.7 Å². The van der Waals surface area contributed by atoms with E-state index < -0.39 is 18.6 Å². The lowest BCUT2D eigenvalue weighted by Gasteiger charge is -2.15. The fraction of sp³-hybridized carbons (Fsp3) is 0.556. The molecular formula is C9H15F3N2. The molecule has 0 saturated heterocycles. The largest absolute Gasteiger partial charge is 0.389 e. The number of hydrogen-bond acceptors (Lipinski definition) is 2. The van der Waals surface area contributed by atoms with Crippen LogP contribution in [0.5, 0.6) is 0 Å². The molecule has 0 bridgehead atoms. The molecule has 82 valence electrons. The van der Waals surface area contributed by atoms with Crippen molar-refractivity contribution in [1.29, 1.82) is 0 Å². The summed E-state index contributed by atoms with van der Waals surface area (Å²) in [5, 5.41) is 0. The van der Waals surface area contributed by atoms with E-state index in [-0.39, 0.29) is 13.0 Å². The Hall–Kier alpha value is -0.810. The summed E-state index contributed by atoms with van der Waals surface area (Å²) in [5.74, 6) is 0. The van der Waals surface area contributed by atoms with Crippen molar-refractivity contribution < 1.29 is 13.2 Å². The molecule has 0 rings (SSSR count). The summed E-state index contributed by atoms with van der Waals surface area (Å²) in [4.78, 5) is 0. The maximum absolute atomic E-state index is 11.8. The van der Waals surface area contributed by atoms with Gasteiger partial charge in [-0.15, -0.1) is 0 Å². The fourth-order valence-corrected chi connectivity index (χ4v) is 0.999. The monoisotopic (exact) mass is 208 g/mol. The third-order valence-corrected chi connectivity index (χ3v) is 1.78. The van der Waals surface area contributed by atoms with Crippen LogP contribution in [0.25, 0.3) is 0 Å². The standard InChI is InChI=1S/C9H15F3N2/c1-2-3-7(6-13)8(14)4-5-9(10,11)12/h2-3,8H,1,4-6,13-14H2/b7-3-. The topological polar surface area (TPSA) is 52.0 Å². The van der Waals surface area contributed by atoms with Crippen LogP contribution < -0.4 is 11.5 Å². The number of rotatable bonds is 5. The summed E-state index contributed by atoms with van der Waals surface area (Å²) >= 11 is 0. The molecule has 2 nitrogen and oxygen atoms in total. The number of allylic oxidation sites excluding steroid dienone is 2. The number of nitrogens with two attached hydrogens (primary N) is 2. The molecule has 0 saturated carbocycles. The van der Waals surface area contributed by atoms with Crippen molar-refractivity contribution in [2.24, 2.45) is 11.5 Å². The van der Waals surface area contributed by atoms with Gasteiger partial charge in [0.15, 0.2) is 0 Å². The molecule has 0 aromatic heterocycles. The summed E-state index contributed by atoms with van der Waals surface area (Å²) in [5.41, 5.74) is 11.4. The van der Waals surface area contributed by atoms with Crippen LogP contribution in [-0.2, 0) is 0 Å². The Balaban J connectivity index is 4.12. The Morgan fingerprint density at radius 2 is 2.00 bits per heavy atom. The molecule has 0 aliphatic heterocycles. The SMILES string of the molecule is C=C/C=C(/CN)C(N)CCC(F)(F)F. The third-order valence-electron chi connectivity index (χ3n) is 1.78. The van der Waals surface area contributed by atoms with Crippen LogP contribution in [0.4, 0.5) is 13.2 Å². The molecule has 4 N–H and O–H groups in total. The van der Waals surface area contributed by atoms with Crippen LogP contribution in [0.2, 0.25) is 0 Å². The van der Waals surface area contributed by atoms with Gasteiger partial charge in [-0.25, -0.2) is 0 Å². The highest BCUT2D eigenvalue weighted by Crippen LogP contribution is 2.23. The lowest BCUT2D eigenvalue weighted by atomic mass is 10.0. The van der Waals surface area contributed by atoms with Crippen molar-refractivity contribution in [1.82, 2.24) is 0 Å². The average Bonchev–Trinajstić information content (AvgIpc) is 2.09. The summed E-state index contributed by atoms with van der Waals surface area (Å²) in [6.45, 7) is 3.59. The lowest BCUT2D eigenvalue weighted by Crippen LogP contribution is -2.28. The summed E-state index contributed by atoms with van der Waals surface area (Å²) in [6, 6.07) is -0.639. The van der Waals surface area contributed by atoms with Crippen LogP contribution in [0.1, 0.15) is 12.8 Å². The Labute approximate surface area is 81.5 Å². The van der Waals surface area contributed by atoms with Gasteiger partial charge in [0.25, 0.3) is 0 Å². The second-order valence-corrected chi connectivity index (χ2v) is 2.94. The van der Waals surface area contributed by atoms with E-state index in [4.69, 9.17) is 11.5 Å². The smallest absolute Gasteiger partial charge is 0.327 e. The summed E-state index contributed by atoms with van der Waals surface area (Å²) in [6.07, 6.45) is -2.16. The van der Waals surface area contributed by atoms with Crippen LogP contribution in [0.15, 0.2) is 24.3 Å². The minimum atomic E-state index is -4.16. The van der Waals surface area contributed by atoms with E-state index in [2.05, 4.69) is 6.58 Å². The number of hydrogen-bond donors (Lipinski definition) is 2. The van der Waals surface area contributed by atoms with E-state index in [1.165, 1.54) is 6.08 Å². The zero-order valence-corrected chi connectivity index (χ0v) is 7.85. The van der Waals surface area contributed by atoms with Gasteiger partial charge in [-0.2, -0.15) is 13.2 Å². The Morgan fingerprint density at radius 1 is 1.43 bits per heavy atom.